The van der Waals surface area contributed by atoms with Crippen molar-refractivity contribution < 1.29 is 20.1 Å². The first-order chi connectivity index (χ1) is 9.54. The summed E-state index contributed by atoms with van der Waals surface area (Å²) < 4.78 is 0. The SMILES string of the molecule is NN=C1c2cc(O)ccc2-c2ccc(O)c(C(=O)O)c21. The lowest BCUT2D eigenvalue weighted by Crippen LogP contribution is -2.09. The van der Waals surface area contributed by atoms with Gasteiger partial charge >= 0.3 is 5.97 Å². The van der Waals surface area contributed by atoms with Gasteiger partial charge in [0.2, 0.25) is 0 Å². The lowest BCUT2D eigenvalue weighted by atomic mass is 9.99. The van der Waals surface area contributed by atoms with Gasteiger partial charge in [0.25, 0.3) is 0 Å². The number of carboxylic acid groups (broad SMARTS) is 1. The highest BCUT2D eigenvalue weighted by Crippen LogP contribution is 2.42. The Balaban J connectivity index is 2.43. The number of carboxylic acids is 1. The first-order valence-corrected chi connectivity index (χ1v) is 5.76. The summed E-state index contributed by atoms with van der Waals surface area (Å²) in [6.45, 7) is 0. The van der Waals surface area contributed by atoms with Crippen LogP contribution in [-0.2, 0) is 0 Å². The Morgan fingerprint density at radius 3 is 2.40 bits per heavy atom. The van der Waals surface area contributed by atoms with Gasteiger partial charge in [-0.15, -0.1) is 0 Å². The molecule has 0 saturated heterocycles. The summed E-state index contributed by atoms with van der Waals surface area (Å²) in [6, 6.07) is 7.53. The van der Waals surface area contributed by atoms with E-state index in [2.05, 4.69) is 5.10 Å². The minimum absolute atomic E-state index is 0.0267. The van der Waals surface area contributed by atoms with Gasteiger partial charge in [-0.2, -0.15) is 5.10 Å². The molecule has 100 valence electrons. The molecule has 0 amide bonds. The third kappa shape index (κ3) is 1.45. The van der Waals surface area contributed by atoms with Crippen molar-refractivity contribution in [2.45, 2.75) is 0 Å². The van der Waals surface area contributed by atoms with Crippen LogP contribution in [0.1, 0.15) is 21.5 Å². The van der Waals surface area contributed by atoms with Crippen LogP contribution < -0.4 is 5.84 Å². The molecule has 2 aromatic rings. The highest BCUT2D eigenvalue weighted by atomic mass is 16.4. The molecule has 0 spiro atoms. The summed E-state index contributed by atoms with van der Waals surface area (Å²) in [4.78, 5) is 11.4. The van der Waals surface area contributed by atoms with Crippen LogP contribution in [0.15, 0.2) is 35.4 Å². The maximum atomic E-state index is 11.4. The first kappa shape index (κ1) is 12.0. The van der Waals surface area contributed by atoms with Crippen LogP contribution in [0.2, 0.25) is 0 Å². The van der Waals surface area contributed by atoms with Gasteiger partial charge in [-0.25, -0.2) is 4.79 Å². The molecule has 0 atom stereocenters. The smallest absolute Gasteiger partial charge is 0.340 e. The summed E-state index contributed by atoms with van der Waals surface area (Å²) >= 11 is 0. The van der Waals surface area contributed by atoms with Gasteiger partial charge in [0.15, 0.2) is 0 Å². The first-order valence-electron chi connectivity index (χ1n) is 5.76. The lowest BCUT2D eigenvalue weighted by Gasteiger charge is -2.07. The summed E-state index contributed by atoms with van der Waals surface area (Å²) in [5.74, 6) is 3.77. The quantitative estimate of drug-likeness (QED) is 0.395. The molecular formula is C14H10N2O4. The molecule has 6 heteroatoms. The highest BCUT2D eigenvalue weighted by molar-refractivity contribution is 6.28. The van der Waals surface area contributed by atoms with Crippen LogP contribution in [0, 0.1) is 0 Å². The van der Waals surface area contributed by atoms with Gasteiger partial charge in [-0.3, -0.25) is 0 Å². The Labute approximate surface area is 113 Å². The van der Waals surface area contributed by atoms with Gasteiger partial charge in [-0.05, 0) is 35.4 Å². The molecule has 0 heterocycles. The molecule has 0 radical (unpaired) electrons. The zero-order chi connectivity index (χ0) is 14.4. The Morgan fingerprint density at radius 2 is 1.75 bits per heavy atom. The molecule has 20 heavy (non-hydrogen) atoms. The minimum Gasteiger partial charge on any atom is -0.508 e. The molecule has 0 unspecified atom stereocenters. The van der Waals surface area contributed by atoms with Crippen LogP contribution in [0.5, 0.6) is 11.5 Å². The predicted molar refractivity (Wildman–Crippen MR) is 72.0 cm³/mol. The number of nitrogens with zero attached hydrogens (tertiary/aromatic N) is 1. The second-order valence-corrected chi connectivity index (χ2v) is 4.39. The van der Waals surface area contributed by atoms with Gasteiger partial charge in [0, 0.05) is 11.1 Å². The molecule has 3 rings (SSSR count). The molecule has 0 aromatic heterocycles. The van der Waals surface area contributed by atoms with E-state index >= 15 is 0 Å². The number of hydrazone groups is 1. The van der Waals surface area contributed by atoms with E-state index in [1.165, 1.54) is 18.2 Å². The summed E-state index contributed by atoms with van der Waals surface area (Å²) in [7, 11) is 0. The topological polar surface area (TPSA) is 116 Å². The number of hydrogen-bond acceptors (Lipinski definition) is 5. The van der Waals surface area contributed by atoms with Gasteiger partial charge in [-0.1, -0.05) is 6.07 Å². The van der Waals surface area contributed by atoms with E-state index in [0.29, 0.717) is 16.7 Å². The zero-order valence-electron chi connectivity index (χ0n) is 10.2. The van der Waals surface area contributed by atoms with Crippen LogP contribution in [0.3, 0.4) is 0 Å². The number of benzene rings is 2. The number of carbonyl (C=O) groups is 1. The van der Waals surface area contributed by atoms with E-state index in [0.717, 1.165) is 0 Å². The van der Waals surface area contributed by atoms with Crippen LogP contribution in [-0.4, -0.2) is 27.0 Å². The summed E-state index contributed by atoms with van der Waals surface area (Å²) in [5, 5.41) is 32.2. The average Bonchev–Trinajstić information content (AvgIpc) is 2.70. The van der Waals surface area contributed by atoms with Crippen molar-refractivity contribution in [2.24, 2.45) is 10.9 Å². The average molecular weight is 270 g/mol. The maximum Gasteiger partial charge on any atom is 0.340 e. The molecule has 2 aromatic carbocycles. The van der Waals surface area contributed by atoms with E-state index in [4.69, 9.17) is 5.84 Å². The van der Waals surface area contributed by atoms with Crippen molar-refractivity contribution in [2.75, 3.05) is 0 Å². The van der Waals surface area contributed by atoms with Gasteiger partial charge in [0.05, 0.1) is 5.71 Å². The molecule has 0 saturated carbocycles. The number of phenols is 2. The van der Waals surface area contributed by atoms with E-state index < -0.39 is 5.97 Å². The summed E-state index contributed by atoms with van der Waals surface area (Å²) in [6.07, 6.45) is 0. The molecular weight excluding hydrogens is 260 g/mol. The van der Waals surface area contributed by atoms with Crippen molar-refractivity contribution in [3.8, 4) is 22.6 Å². The molecule has 1 aliphatic carbocycles. The van der Waals surface area contributed by atoms with Crippen molar-refractivity contribution in [1.29, 1.82) is 0 Å². The van der Waals surface area contributed by atoms with Crippen molar-refractivity contribution in [1.82, 2.24) is 0 Å². The molecule has 0 fully saturated rings. The number of hydrogen-bond donors (Lipinski definition) is 4. The fourth-order valence-electron chi connectivity index (χ4n) is 2.51. The fraction of sp³-hybridized carbons (Fsp3) is 0. The summed E-state index contributed by atoms with van der Waals surface area (Å²) in [5.41, 5.74) is 2.11. The molecule has 5 N–H and O–H groups in total. The highest BCUT2D eigenvalue weighted by Gasteiger charge is 2.31. The molecule has 0 bridgehead atoms. The van der Waals surface area contributed by atoms with Crippen molar-refractivity contribution in [3.63, 3.8) is 0 Å². The van der Waals surface area contributed by atoms with E-state index in [-0.39, 0.29) is 28.3 Å². The van der Waals surface area contributed by atoms with Crippen LogP contribution in [0.4, 0.5) is 0 Å². The third-order valence-corrected chi connectivity index (χ3v) is 3.31. The predicted octanol–water partition coefficient (Wildman–Crippen LogP) is 1.49. The number of phenolic OH excluding ortho intramolecular Hbond substituents is 1. The molecule has 0 aliphatic heterocycles. The number of aromatic hydroxyl groups is 2. The third-order valence-electron chi connectivity index (χ3n) is 3.31. The number of rotatable bonds is 1. The Morgan fingerprint density at radius 1 is 1.05 bits per heavy atom. The second kappa shape index (κ2) is 3.99. The van der Waals surface area contributed by atoms with E-state index in [9.17, 15) is 20.1 Å². The Kier molecular flexibility index (Phi) is 2.40. The van der Waals surface area contributed by atoms with Crippen molar-refractivity contribution >= 4 is 11.7 Å². The Hall–Kier alpha value is -3.02. The largest absolute Gasteiger partial charge is 0.508 e. The molecule has 1 aliphatic rings. The normalized spacial score (nSPS) is 14.1. The minimum atomic E-state index is -1.27. The number of fused-ring (bicyclic) bond motifs is 3. The van der Waals surface area contributed by atoms with Crippen LogP contribution in [0.25, 0.3) is 11.1 Å². The van der Waals surface area contributed by atoms with Gasteiger partial charge < -0.3 is 21.2 Å². The number of aromatic carboxylic acids is 1. The van der Waals surface area contributed by atoms with E-state index in [1.54, 1.807) is 12.1 Å². The van der Waals surface area contributed by atoms with E-state index in [1.807, 2.05) is 0 Å². The number of nitrogens with two attached hydrogens (primary N) is 1. The zero-order valence-corrected chi connectivity index (χ0v) is 10.2. The second-order valence-electron chi connectivity index (χ2n) is 4.39. The fourth-order valence-corrected chi connectivity index (χ4v) is 2.51. The lowest BCUT2D eigenvalue weighted by molar-refractivity contribution is 0.0693. The van der Waals surface area contributed by atoms with Gasteiger partial charge in [0.1, 0.15) is 17.1 Å². The monoisotopic (exact) mass is 270 g/mol. The van der Waals surface area contributed by atoms with Crippen molar-refractivity contribution in [3.05, 3.63) is 47.0 Å². The maximum absolute atomic E-state index is 11.4. The molecule has 6 nitrogen and oxygen atoms in total. The van der Waals surface area contributed by atoms with Crippen LogP contribution >= 0.6 is 0 Å². The Bertz CT molecular complexity index is 781. The standard InChI is InChI=1S/C14H10N2O4/c15-16-13-9-5-6(17)1-2-7(9)8-3-4-10(18)12(11(8)13)14(19)20/h1-5,17-18H,15H2,(H,19,20).